The molecule has 1 N–H and O–H groups in total. The summed E-state index contributed by atoms with van der Waals surface area (Å²) in [6, 6.07) is 10.0. The second kappa shape index (κ2) is 4.97. The molecule has 5 heteroatoms. The fourth-order valence-corrected chi connectivity index (χ4v) is 1.91. The highest BCUT2D eigenvalue weighted by molar-refractivity contribution is 5.63. The van der Waals surface area contributed by atoms with Crippen LogP contribution in [0.25, 0.3) is 11.3 Å². The van der Waals surface area contributed by atoms with Crippen LogP contribution in [0.5, 0.6) is 0 Å². The Balaban J connectivity index is 1.75. The minimum Gasteiger partial charge on any atom is -0.444 e. The zero-order valence-electron chi connectivity index (χ0n) is 10.6. The predicted octanol–water partition coefficient (Wildman–Crippen LogP) is 2.69. The SMILES string of the molecule is Cn1nccc1CNc1cccc(-c2cnco2)c1. The number of benzene rings is 1. The van der Waals surface area contributed by atoms with Gasteiger partial charge in [-0.15, -0.1) is 0 Å². The van der Waals surface area contributed by atoms with Crippen LogP contribution in [0.1, 0.15) is 5.69 Å². The fraction of sp³-hybridized carbons (Fsp3) is 0.143. The topological polar surface area (TPSA) is 55.9 Å². The van der Waals surface area contributed by atoms with Gasteiger partial charge in [0.05, 0.1) is 18.4 Å². The van der Waals surface area contributed by atoms with Crippen molar-refractivity contribution in [2.24, 2.45) is 7.05 Å². The summed E-state index contributed by atoms with van der Waals surface area (Å²) in [5.41, 5.74) is 3.17. The molecule has 0 amide bonds. The summed E-state index contributed by atoms with van der Waals surface area (Å²) in [4.78, 5) is 3.93. The van der Waals surface area contributed by atoms with Gasteiger partial charge in [-0.2, -0.15) is 5.10 Å². The quantitative estimate of drug-likeness (QED) is 0.777. The van der Waals surface area contributed by atoms with Gasteiger partial charge >= 0.3 is 0 Å². The summed E-state index contributed by atoms with van der Waals surface area (Å²) in [6.45, 7) is 0.732. The normalized spacial score (nSPS) is 10.6. The Kier molecular flexibility index (Phi) is 3.02. The minimum absolute atomic E-state index is 0.732. The van der Waals surface area contributed by atoms with Gasteiger partial charge in [0.25, 0.3) is 0 Å². The molecule has 2 aromatic heterocycles. The molecule has 0 fully saturated rings. The van der Waals surface area contributed by atoms with E-state index in [1.54, 1.807) is 12.4 Å². The van der Waals surface area contributed by atoms with Crippen molar-refractivity contribution in [2.45, 2.75) is 6.54 Å². The van der Waals surface area contributed by atoms with Crippen LogP contribution in [-0.4, -0.2) is 14.8 Å². The first kappa shape index (κ1) is 11.5. The van der Waals surface area contributed by atoms with Crippen molar-refractivity contribution in [1.29, 1.82) is 0 Å². The van der Waals surface area contributed by atoms with Crippen molar-refractivity contribution in [3.8, 4) is 11.3 Å². The molecule has 0 saturated heterocycles. The predicted molar refractivity (Wildman–Crippen MR) is 72.5 cm³/mol. The average molecular weight is 254 g/mol. The van der Waals surface area contributed by atoms with Crippen molar-refractivity contribution in [2.75, 3.05) is 5.32 Å². The number of rotatable bonds is 4. The van der Waals surface area contributed by atoms with E-state index in [-0.39, 0.29) is 0 Å². The summed E-state index contributed by atoms with van der Waals surface area (Å²) in [5.74, 6) is 0.768. The second-order valence-electron chi connectivity index (χ2n) is 4.25. The van der Waals surface area contributed by atoms with Crippen LogP contribution in [-0.2, 0) is 13.6 Å². The maximum atomic E-state index is 5.29. The van der Waals surface area contributed by atoms with Gasteiger partial charge in [-0.3, -0.25) is 4.68 Å². The Morgan fingerprint density at radius 2 is 2.26 bits per heavy atom. The summed E-state index contributed by atoms with van der Waals surface area (Å²) < 4.78 is 7.15. The van der Waals surface area contributed by atoms with E-state index in [2.05, 4.69) is 15.4 Å². The zero-order valence-corrected chi connectivity index (χ0v) is 10.6. The lowest BCUT2D eigenvalue weighted by molar-refractivity contribution is 0.572. The van der Waals surface area contributed by atoms with Gasteiger partial charge < -0.3 is 9.73 Å². The molecular formula is C14H14N4O. The van der Waals surface area contributed by atoms with E-state index in [1.165, 1.54) is 6.39 Å². The number of nitrogens with one attached hydrogen (secondary N) is 1. The van der Waals surface area contributed by atoms with Crippen LogP contribution < -0.4 is 5.32 Å². The molecule has 3 aromatic rings. The number of aryl methyl sites for hydroxylation is 1. The average Bonchev–Trinajstić information content (AvgIpc) is 3.08. The summed E-state index contributed by atoms with van der Waals surface area (Å²) in [7, 11) is 1.93. The third-order valence-corrected chi connectivity index (χ3v) is 2.98. The lowest BCUT2D eigenvalue weighted by atomic mass is 10.1. The lowest BCUT2D eigenvalue weighted by Gasteiger charge is -2.07. The largest absolute Gasteiger partial charge is 0.444 e. The maximum absolute atomic E-state index is 5.29. The molecule has 0 atom stereocenters. The molecule has 0 aliphatic rings. The van der Waals surface area contributed by atoms with Gasteiger partial charge in [0.15, 0.2) is 12.2 Å². The number of nitrogens with zero attached hydrogens (tertiary/aromatic N) is 3. The van der Waals surface area contributed by atoms with E-state index >= 15 is 0 Å². The van der Waals surface area contributed by atoms with E-state index in [1.807, 2.05) is 42.1 Å². The molecule has 2 heterocycles. The molecule has 0 spiro atoms. The number of anilines is 1. The standard InChI is InChI=1S/C14H14N4O/c1-18-13(5-6-17-18)8-16-12-4-2-3-11(7-12)14-9-15-10-19-14/h2-7,9-10,16H,8H2,1H3. The smallest absolute Gasteiger partial charge is 0.181 e. The molecule has 0 aliphatic carbocycles. The third kappa shape index (κ3) is 2.49. The van der Waals surface area contributed by atoms with Crippen molar-refractivity contribution in [1.82, 2.24) is 14.8 Å². The van der Waals surface area contributed by atoms with Crippen LogP contribution in [0.3, 0.4) is 0 Å². The molecule has 0 bridgehead atoms. The monoisotopic (exact) mass is 254 g/mol. The molecule has 96 valence electrons. The van der Waals surface area contributed by atoms with Gasteiger partial charge in [0.2, 0.25) is 0 Å². The van der Waals surface area contributed by atoms with E-state index in [9.17, 15) is 0 Å². The fourth-order valence-electron chi connectivity index (χ4n) is 1.91. The molecule has 1 aromatic carbocycles. The van der Waals surface area contributed by atoms with Crippen molar-refractivity contribution < 1.29 is 4.42 Å². The first-order valence-corrected chi connectivity index (χ1v) is 6.02. The van der Waals surface area contributed by atoms with Crippen LogP contribution in [0.2, 0.25) is 0 Å². The molecule has 0 unspecified atom stereocenters. The second-order valence-corrected chi connectivity index (χ2v) is 4.25. The highest BCUT2D eigenvalue weighted by atomic mass is 16.3. The first-order valence-electron chi connectivity index (χ1n) is 6.02. The van der Waals surface area contributed by atoms with Gasteiger partial charge in [-0.05, 0) is 18.2 Å². The molecule has 5 nitrogen and oxygen atoms in total. The molecule has 0 radical (unpaired) electrons. The number of hydrogen-bond acceptors (Lipinski definition) is 4. The van der Waals surface area contributed by atoms with E-state index < -0.39 is 0 Å². The highest BCUT2D eigenvalue weighted by Crippen LogP contribution is 2.22. The number of aromatic nitrogens is 3. The lowest BCUT2D eigenvalue weighted by Crippen LogP contribution is -2.05. The van der Waals surface area contributed by atoms with Crippen LogP contribution in [0.15, 0.2) is 53.5 Å². The minimum atomic E-state index is 0.732. The van der Waals surface area contributed by atoms with Crippen LogP contribution >= 0.6 is 0 Å². The molecule has 19 heavy (non-hydrogen) atoms. The Bertz CT molecular complexity index is 658. The Morgan fingerprint density at radius 1 is 1.32 bits per heavy atom. The van der Waals surface area contributed by atoms with Gasteiger partial charge in [-0.1, -0.05) is 12.1 Å². The molecule has 0 aliphatic heterocycles. The maximum Gasteiger partial charge on any atom is 0.181 e. The van der Waals surface area contributed by atoms with Crippen molar-refractivity contribution in [3.63, 3.8) is 0 Å². The first-order chi connectivity index (χ1) is 9.33. The van der Waals surface area contributed by atoms with Crippen molar-refractivity contribution in [3.05, 3.63) is 54.8 Å². The molecule has 3 rings (SSSR count). The Labute approximate surface area is 110 Å². The van der Waals surface area contributed by atoms with E-state index in [4.69, 9.17) is 4.42 Å². The van der Waals surface area contributed by atoms with Gasteiger partial charge in [-0.25, -0.2) is 4.98 Å². The molecular weight excluding hydrogens is 240 g/mol. The van der Waals surface area contributed by atoms with Crippen LogP contribution in [0.4, 0.5) is 5.69 Å². The van der Waals surface area contributed by atoms with Gasteiger partial charge in [0.1, 0.15) is 0 Å². The Morgan fingerprint density at radius 3 is 3.00 bits per heavy atom. The highest BCUT2D eigenvalue weighted by Gasteiger charge is 2.03. The van der Waals surface area contributed by atoms with Crippen molar-refractivity contribution >= 4 is 5.69 Å². The number of hydrogen-bond donors (Lipinski definition) is 1. The molecule has 0 saturated carbocycles. The van der Waals surface area contributed by atoms with E-state index in [0.717, 1.165) is 29.2 Å². The summed E-state index contributed by atoms with van der Waals surface area (Å²) in [6.07, 6.45) is 4.94. The summed E-state index contributed by atoms with van der Waals surface area (Å²) in [5, 5.41) is 7.51. The number of oxazole rings is 1. The zero-order chi connectivity index (χ0) is 13.1. The van der Waals surface area contributed by atoms with E-state index in [0.29, 0.717) is 0 Å². The Hall–Kier alpha value is -2.56. The summed E-state index contributed by atoms with van der Waals surface area (Å²) >= 11 is 0. The van der Waals surface area contributed by atoms with Crippen LogP contribution in [0, 0.1) is 0 Å². The third-order valence-electron chi connectivity index (χ3n) is 2.98. The van der Waals surface area contributed by atoms with Gasteiger partial charge in [0, 0.05) is 24.5 Å².